The smallest absolute Gasteiger partial charge is 0.275 e. The zero-order chi connectivity index (χ0) is 15.3. The van der Waals surface area contributed by atoms with Gasteiger partial charge in [-0.05, 0) is 20.8 Å². The summed E-state index contributed by atoms with van der Waals surface area (Å²) >= 11 is 0. The first-order valence-electron chi connectivity index (χ1n) is 6.09. The number of nitro groups is 1. The summed E-state index contributed by atoms with van der Waals surface area (Å²) in [4.78, 5) is 21.9. The Morgan fingerprint density at radius 3 is 2.50 bits per heavy atom. The molecule has 0 aliphatic heterocycles. The molecule has 7 heteroatoms. The van der Waals surface area contributed by atoms with Crippen LogP contribution in [0.25, 0.3) is 0 Å². The quantitative estimate of drug-likeness (QED) is 0.635. The molecule has 1 aromatic rings. The van der Waals surface area contributed by atoms with Crippen LogP contribution >= 0.6 is 0 Å². The van der Waals surface area contributed by atoms with Gasteiger partial charge in [-0.2, -0.15) is 0 Å². The summed E-state index contributed by atoms with van der Waals surface area (Å²) in [5.41, 5.74) is 0.0438. The number of hydrogen-bond acceptors (Lipinski definition) is 5. The van der Waals surface area contributed by atoms with E-state index >= 15 is 0 Å². The molecule has 1 rings (SSSR count). The Kier molecular flexibility index (Phi) is 4.90. The molecule has 2 N–H and O–H groups in total. The molecule has 20 heavy (non-hydrogen) atoms. The van der Waals surface area contributed by atoms with E-state index in [4.69, 9.17) is 4.74 Å². The van der Waals surface area contributed by atoms with E-state index in [0.29, 0.717) is 11.4 Å². The van der Waals surface area contributed by atoms with Gasteiger partial charge in [0.15, 0.2) is 0 Å². The average Bonchev–Trinajstić information content (AvgIpc) is 2.33. The molecule has 0 heterocycles. The molecule has 0 unspecified atom stereocenters. The highest BCUT2D eigenvalue weighted by molar-refractivity contribution is 5.81. The van der Waals surface area contributed by atoms with E-state index < -0.39 is 4.92 Å². The van der Waals surface area contributed by atoms with E-state index in [1.807, 2.05) is 20.8 Å². The van der Waals surface area contributed by atoms with Gasteiger partial charge in [0.25, 0.3) is 5.69 Å². The zero-order valence-electron chi connectivity index (χ0n) is 12.0. The van der Waals surface area contributed by atoms with Crippen LogP contribution in [0.15, 0.2) is 18.2 Å². The lowest BCUT2D eigenvalue weighted by molar-refractivity contribution is -0.384. The van der Waals surface area contributed by atoms with Crippen LogP contribution in [0.5, 0.6) is 5.75 Å². The van der Waals surface area contributed by atoms with Crippen molar-refractivity contribution < 1.29 is 14.5 Å². The zero-order valence-corrected chi connectivity index (χ0v) is 12.0. The van der Waals surface area contributed by atoms with Gasteiger partial charge in [-0.3, -0.25) is 14.9 Å². The predicted molar refractivity (Wildman–Crippen MR) is 76.0 cm³/mol. The summed E-state index contributed by atoms with van der Waals surface area (Å²) in [5.74, 6) is 0.168. The van der Waals surface area contributed by atoms with Crippen molar-refractivity contribution in [2.24, 2.45) is 0 Å². The number of nitrogens with one attached hydrogen (secondary N) is 2. The second-order valence-corrected chi connectivity index (χ2v) is 5.33. The molecule has 0 aromatic heterocycles. The number of hydrogen-bond donors (Lipinski definition) is 2. The Balaban J connectivity index is 2.75. The van der Waals surface area contributed by atoms with Gasteiger partial charge < -0.3 is 15.4 Å². The normalized spacial score (nSPS) is 10.8. The van der Waals surface area contributed by atoms with Crippen molar-refractivity contribution in [3.63, 3.8) is 0 Å². The highest BCUT2D eigenvalue weighted by Gasteiger charge is 2.14. The lowest BCUT2D eigenvalue weighted by atomic mass is 10.1. The van der Waals surface area contributed by atoms with Gasteiger partial charge in [-0.25, -0.2) is 0 Å². The van der Waals surface area contributed by atoms with Crippen LogP contribution in [0.3, 0.4) is 0 Å². The van der Waals surface area contributed by atoms with Gasteiger partial charge >= 0.3 is 0 Å². The topological polar surface area (TPSA) is 93.5 Å². The van der Waals surface area contributed by atoms with Crippen molar-refractivity contribution in [3.05, 3.63) is 28.3 Å². The third-order valence-electron chi connectivity index (χ3n) is 2.31. The van der Waals surface area contributed by atoms with E-state index in [1.165, 1.54) is 19.2 Å². The largest absolute Gasteiger partial charge is 0.496 e. The number of methoxy groups -OCH3 is 1. The number of benzene rings is 1. The summed E-state index contributed by atoms with van der Waals surface area (Å²) < 4.78 is 4.99. The fourth-order valence-electron chi connectivity index (χ4n) is 1.55. The van der Waals surface area contributed by atoms with Crippen molar-refractivity contribution >= 4 is 17.3 Å². The summed E-state index contributed by atoms with van der Waals surface area (Å²) in [6.45, 7) is 5.66. The molecule has 0 bridgehead atoms. The second-order valence-electron chi connectivity index (χ2n) is 5.33. The van der Waals surface area contributed by atoms with Crippen molar-refractivity contribution in [1.29, 1.82) is 0 Å². The number of rotatable bonds is 5. The highest BCUT2D eigenvalue weighted by atomic mass is 16.6. The number of carbonyl (C=O) groups is 1. The number of carbonyl (C=O) groups excluding carboxylic acids is 1. The summed E-state index contributed by atoms with van der Waals surface area (Å²) in [7, 11) is 1.43. The molecule has 0 aliphatic carbocycles. The van der Waals surface area contributed by atoms with E-state index in [-0.39, 0.29) is 23.7 Å². The molecule has 0 aliphatic rings. The maximum Gasteiger partial charge on any atom is 0.275 e. The molecule has 0 atom stereocenters. The first-order chi connectivity index (χ1) is 9.21. The molecular weight excluding hydrogens is 262 g/mol. The number of non-ortho nitro benzene ring substituents is 1. The fraction of sp³-hybridized carbons (Fsp3) is 0.462. The number of nitrogens with zero attached hydrogens (tertiary/aromatic N) is 1. The van der Waals surface area contributed by atoms with Crippen LogP contribution in [-0.2, 0) is 4.79 Å². The van der Waals surface area contributed by atoms with Gasteiger partial charge in [0.1, 0.15) is 5.75 Å². The molecule has 1 aromatic carbocycles. The minimum atomic E-state index is -0.511. The third kappa shape index (κ3) is 5.13. The van der Waals surface area contributed by atoms with Crippen LogP contribution in [0, 0.1) is 10.1 Å². The third-order valence-corrected chi connectivity index (χ3v) is 2.31. The molecular formula is C13H19N3O4. The van der Waals surface area contributed by atoms with E-state index in [0.717, 1.165) is 0 Å². The Bertz CT molecular complexity index is 509. The van der Waals surface area contributed by atoms with Crippen LogP contribution in [-0.4, -0.2) is 30.0 Å². The molecule has 0 spiro atoms. The molecule has 0 radical (unpaired) electrons. The molecule has 1 amide bonds. The summed E-state index contributed by atoms with van der Waals surface area (Å²) in [6.07, 6.45) is 0. The summed E-state index contributed by atoms with van der Waals surface area (Å²) in [5, 5.41) is 16.4. The lowest BCUT2D eigenvalue weighted by Crippen LogP contribution is -2.43. The number of ether oxygens (including phenoxy) is 1. The number of nitro benzene ring substituents is 1. The van der Waals surface area contributed by atoms with Crippen LogP contribution in [0.1, 0.15) is 20.8 Å². The van der Waals surface area contributed by atoms with Gasteiger partial charge in [-0.15, -0.1) is 0 Å². The Labute approximate surface area is 117 Å². The van der Waals surface area contributed by atoms with Gasteiger partial charge in [-0.1, -0.05) is 0 Å². The first-order valence-corrected chi connectivity index (χ1v) is 6.09. The predicted octanol–water partition coefficient (Wildman–Crippen LogP) is 1.93. The van der Waals surface area contributed by atoms with E-state index in [9.17, 15) is 14.9 Å². The Hall–Kier alpha value is -2.31. The molecule has 0 fully saturated rings. The van der Waals surface area contributed by atoms with Crippen molar-refractivity contribution in [1.82, 2.24) is 5.32 Å². The fourth-order valence-corrected chi connectivity index (χ4v) is 1.55. The van der Waals surface area contributed by atoms with Crippen LogP contribution in [0.2, 0.25) is 0 Å². The average molecular weight is 281 g/mol. The maximum atomic E-state index is 11.7. The van der Waals surface area contributed by atoms with E-state index in [2.05, 4.69) is 10.6 Å². The van der Waals surface area contributed by atoms with Gasteiger partial charge in [0.2, 0.25) is 5.91 Å². The van der Waals surface area contributed by atoms with Crippen molar-refractivity contribution in [2.45, 2.75) is 26.3 Å². The molecule has 7 nitrogen and oxygen atoms in total. The molecule has 0 saturated carbocycles. The molecule has 0 saturated heterocycles. The van der Waals surface area contributed by atoms with Crippen molar-refractivity contribution in [3.8, 4) is 5.75 Å². The minimum Gasteiger partial charge on any atom is -0.496 e. The first kappa shape index (κ1) is 15.7. The number of anilines is 1. The standard InChI is InChI=1S/C13H19N3O4/c1-13(2,3)15-12(17)8-14-9-5-10(16(18)19)7-11(6-9)20-4/h5-7,14H,8H2,1-4H3,(H,15,17). The maximum absolute atomic E-state index is 11.7. The van der Waals surface area contributed by atoms with Gasteiger partial charge in [0, 0.05) is 23.4 Å². The minimum absolute atomic E-state index is 0.0294. The van der Waals surface area contributed by atoms with Crippen molar-refractivity contribution in [2.75, 3.05) is 19.0 Å². The van der Waals surface area contributed by atoms with E-state index in [1.54, 1.807) is 6.07 Å². The SMILES string of the molecule is COc1cc(NCC(=O)NC(C)(C)C)cc([N+](=O)[O-])c1. The van der Waals surface area contributed by atoms with Crippen LogP contribution < -0.4 is 15.4 Å². The Morgan fingerprint density at radius 2 is 2.00 bits per heavy atom. The monoisotopic (exact) mass is 281 g/mol. The highest BCUT2D eigenvalue weighted by Crippen LogP contribution is 2.25. The Morgan fingerprint density at radius 1 is 1.35 bits per heavy atom. The van der Waals surface area contributed by atoms with Gasteiger partial charge in [0.05, 0.1) is 24.6 Å². The van der Waals surface area contributed by atoms with Crippen LogP contribution in [0.4, 0.5) is 11.4 Å². The summed E-state index contributed by atoms with van der Waals surface area (Å²) in [6, 6.07) is 4.27. The number of amides is 1. The molecule has 110 valence electrons. The second kappa shape index (κ2) is 6.23. The lowest BCUT2D eigenvalue weighted by Gasteiger charge is -2.20.